The van der Waals surface area contributed by atoms with Gasteiger partial charge in [-0.25, -0.2) is 4.98 Å². The Kier molecular flexibility index (Phi) is 6.12. The van der Waals surface area contributed by atoms with Gasteiger partial charge < -0.3 is 9.88 Å². The molecule has 0 aliphatic carbocycles. The van der Waals surface area contributed by atoms with Crippen LogP contribution in [0.4, 0.5) is 0 Å². The zero-order valence-corrected chi connectivity index (χ0v) is 16.0. The van der Waals surface area contributed by atoms with Gasteiger partial charge in [0.1, 0.15) is 5.82 Å². The van der Waals surface area contributed by atoms with E-state index in [-0.39, 0.29) is 5.91 Å². The lowest BCUT2D eigenvalue weighted by molar-refractivity contribution is -0.121. The van der Waals surface area contributed by atoms with Gasteiger partial charge in [-0.3, -0.25) is 9.78 Å². The summed E-state index contributed by atoms with van der Waals surface area (Å²) in [5.74, 6) is 0.885. The first-order chi connectivity index (χ1) is 12.6. The van der Waals surface area contributed by atoms with Crippen molar-refractivity contribution >= 4 is 40.1 Å². The molecule has 5 nitrogen and oxygen atoms in total. The summed E-state index contributed by atoms with van der Waals surface area (Å²) in [5.41, 5.74) is 2.70. The van der Waals surface area contributed by atoms with Crippen LogP contribution in [0, 0.1) is 0 Å². The van der Waals surface area contributed by atoms with Gasteiger partial charge in [0.15, 0.2) is 0 Å². The zero-order valence-electron chi connectivity index (χ0n) is 14.5. The molecule has 0 atom stereocenters. The van der Waals surface area contributed by atoms with Gasteiger partial charge in [0, 0.05) is 38.3 Å². The molecule has 3 rings (SSSR count). The minimum absolute atomic E-state index is 0.0288. The van der Waals surface area contributed by atoms with E-state index in [1.165, 1.54) is 0 Å². The van der Waals surface area contributed by atoms with Crippen molar-refractivity contribution in [3.8, 4) is 0 Å². The van der Waals surface area contributed by atoms with Crippen molar-refractivity contribution in [3.63, 3.8) is 0 Å². The van der Waals surface area contributed by atoms with Gasteiger partial charge in [-0.15, -0.1) is 0 Å². The predicted octanol–water partition coefficient (Wildman–Crippen LogP) is 4.25. The number of benzene rings is 1. The molecule has 0 bridgehead atoms. The van der Waals surface area contributed by atoms with Crippen molar-refractivity contribution in [1.29, 1.82) is 0 Å². The van der Waals surface area contributed by atoms with Crippen LogP contribution in [0.2, 0.25) is 10.0 Å². The normalized spacial score (nSPS) is 11.0. The van der Waals surface area contributed by atoms with E-state index in [0.29, 0.717) is 36.0 Å². The number of rotatable bonds is 7. The monoisotopic (exact) mass is 390 g/mol. The van der Waals surface area contributed by atoms with Gasteiger partial charge in [0.2, 0.25) is 5.91 Å². The highest BCUT2D eigenvalue weighted by atomic mass is 35.5. The minimum atomic E-state index is 0.0288. The molecule has 0 unspecified atom stereocenters. The van der Waals surface area contributed by atoms with E-state index in [1.807, 2.05) is 35.9 Å². The molecule has 2 aromatic heterocycles. The van der Waals surface area contributed by atoms with Crippen molar-refractivity contribution < 1.29 is 4.79 Å². The van der Waals surface area contributed by atoms with Crippen molar-refractivity contribution in [2.45, 2.75) is 32.7 Å². The van der Waals surface area contributed by atoms with E-state index in [1.54, 1.807) is 12.3 Å². The fourth-order valence-corrected chi connectivity index (χ4v) is 3.12. The first-order valence-corrected chi connectivity index (χ1v) is 9.34. The molecule has 7 heteroatoms. The number of carbonyl (C=O) groups is 1. The molecule has 26 heavy (non-hydrogen) atoms. The highest BCUT2D eigenvalue weighted by molar-refractivity contribution is 6.42. The molecular weight excluding hydrogens is 371 g/mol. The van der Waals surface area contributed by atoms with Crippen LogP contribution >= 0.6 is 23.2 Å². The number of pyridine rings is 1. The van der Waals surface area contributed by atoms with Gasteiger partial charge in [0.05, 0.1) is 21.1 Å². The van der Waals surface area contributed by atoms with Crippen LogP contribution < -0.4 is 5.32 Å². The summed E-state index contributed by atoms with van der Waals surface area (Å²) in [6.07, 6.45) is 5.47. The Morgan fingerprint density at radius 1 is 1.27 bits per heavy atom. The van der Waals surface area contributed by atoms with Gasteiger partial charge in [-0.1, -0.05) is 36.2 Å². The Hall–Kier alpha value is -2.11. The van der Waals surface area contributed by atoms with E-state index in [4.69, 9.17) is 28.2 Å². The number of nitrogens with zero attached hydrogens (tertiary/aromatic N) is 3. The second-order valence-corrected chi connectivity index (χ2v) is 6.89. The first-order valence-electron chi connectivity index (χ1n) is 8.58. The third kappa shape index (κ3) is 4.34. The fourth-order valence-electron chi connectivity index (χ4n) is 2.81. The third-order valence-corrected chi connectivity index (χ3v) is 4.81. The van der Waals surface area contributed by atoms with Gasteiger partial charge in [-0.2, -0.15) is 0 Å². The molecule has 136 valence electrons. The summed E-state index contributed by atoms with van der Waals surface area (Å²) in [4.78, 5) is 20.9. The number of carbonyl (C=O) groups excluding carboxylic acids is 1. The van der Waals surface area contributed by atoms with Crippen molar-refractivity contribution in [2.75, 3.05) is 6.54 Å². The summed E-state index contributed by atoms with van der Waals surface area (Å²) >= 11 is 12.3. The maximum atomic E-state index is 12.0. The molecule has 0 fully saturated rings. The molecule has 0 aliphatic rings. The summed E-state index contributed by atoms with van der Waals surface area (Å²) in [5, 5.41) is 3.85. The highest BCUT2D eigenvalue weighted by Crippen LogP contribution is 2.29. The van der Waals surface area contributed by atoms with Gasteiger partial charge in [-0.05, 0) is 30.2 Å². The number of hydrogen-bond donors (Lipinski definition) is 1. The molecule has 3 aromatic rings. The Bertz CT molecular complexity index is 909. The molecular formula is C19H20Cl2N4O. The Balaban J connectivity index is 1.92. The van der Waals surface area contributed by atoms with Gasteiger partial charge >= 0.3 is 0 Å². The van der Waals surface area contributed by atoms with E-state index in [9.17, 15) is 4.79 Å². The predicted molar refractivity (Wildman–Crippen MR) is 105 cm³/mol. The molecule has 2 heterocycles. The van der Waals surface area contributed by atoms with Crippen molar-refractivity contribution in [1.82, 2.24) is 19.9 Å². The van der Waals surface area contributed by atoms with Crippen LogP contribution in [-0.4, -0.2) is 27.0 Å². The number of fused-ring (bicyclic) bond motifs is 1. The molecule has 0 aliphatic heterocycles. The highest BCUT2D eigenvalue weighted by Gasteiger charge is 2.15. The van der Waals surface area contributed by atoms with Crippen LogP contribution in [0.5, 0.6) is 0 Å². The molecule has 0 saturated carbocycles. The lowest BCUT2D eigenvalue weighted by atomic mass is 10.2. The molecule has 1 aromatic carbocycles. The molecule has 0 radical (unpaired) electrons. The average Bonchev–Trinajstić information content (AvgIpc) is 2.95. The lowest BCUT2D eigenvalue weighted by Crippen LogP contribution is -2.25. The lowest BCUT2D eigenvalue weighted by Gasteiger charge is -2.10. The fraction of sp³-hybridized carbons (Fsp3) is 0.316. The second-order valence-electron chi connectivity index (χ2n) is 6.07. The third-order valence-electron chi connectivity index (χ3n) is 4.09. The summed E-state index contributed by atoms with van der Waals surface area (Å²) in [6.45, 7) is 3.24. The SMILES string of the molecule is CCCNC(=O)CCn1c(Cc2cccnc2)nc2cc(Cl)c(Cl)cc21. The van der Waals surface area contributed by atoms with Crippen LogP contribution in [0.15, 0.2) is 36.7 Å². The Labute approximate surface area is 162 Å². The summed E-state index contributed by atoms with van der Waals surface area (Å²) in [6, 6.07) is 7.47. The molecule has 1 amide bonds. The standard InChI is InChI=1S/C19H20Cl2N4O/c1-2-6-23-19(26)5-8-25-17-11-15(21)14(20)10-16(17)24-18(25)9-13-4-3-7-22-12-13/h3-4,7,10-12H,2,5-6,8-9H2,1H3,(H,23,26). The quantitative estimate of drug-likeness (QED) is 0.655. The number of nitrogens with one attached hydrogen (secondary N) is 1. The van der Waals surface area contributed by atoms with E-state index in [0.717, 1.165) is 28.8 Å². The number of halogens is 2. The summed E-state index contributed by atoms with van der Waals surface area (Å²) < 4.78 is 2.04. The minimum Gasteiger partial charge on any atom is -0.356 e. The number of hydrogen-bond acceptors (Lipinski definition) is 3. The van der Waals surface area contributed by atoms with Crippen LogP contribution in [0.25, 0.3) is 11.0 Å². The molecule has 0 saturated heterocycles. The van der Waals surface area contributed by atoms with Crippen LogP contribution in [-0.2, 0) is 17.8 Å². The van der Waals surface area contributed by atoms with Crippen LogP contribution in [0.1, 0.15) is 31.2 Å². The Morgan fingerprint density at radius 3 is 2.81 bits per heavy atom. The number of amides is 1. The number of aromatic nitrogens is 3. The Morgan fingerprint density at radius 2 is 2.08 bits per heavy atom. The van der Waals surface area contributed by atoms with E-state index in [2.05, 4.69) is 10.3 Å². The van der Waals surface area contributed by atoms with Gasteiger partial charge in [0.25, 0.3) is 0 Å². The summed E-state index contributed by atoms with van der Waals surface area (Å²) in [7, 11) is 0. The smallest absolute Gasteiger partial charge is 0.221 e. The largest absolute Gasteiger partial charge is 0.356 e. The molecule has 1 N–H and O–H groups in total. The maximum absolute atomic E-state index is 12.0. The maximum Gasteiger partial charge on any atom is 0.221 e. The van der Waals surface area contributed by atoms with Crippen molar-refractivity contribution in [2.24, 2.45) is 0 Å². The molecule has 0 spiro atoms. The van der Waals surface area contributed by atoms with Crippen molar-refractivity contribution in [3.05, 3.63) is 58.1 Å². The average molecular weight is 391 g/mol. The van der Waals surface area contributed by atoms with E-state index < -0.39 is 0 Å². The second kappa shape index (κ2) is 8.52. The number of imidazole rings is 1. The van der Waals surface area contributed by atoms with E-state index >= 15 is 0 Å². The number of aryl methyl sites for hydroxylation is 1. The van der Waals surface area contributed by atoms with Crippen LogP contribution in [0.3, 0.4) is 0 Å². The topological polar surface area (TPSA) is 59.8 Å². The first kappa shape index (κ1) is 18.7. The zero-order chi connectivity index (χ0) is 18.5.